The highest BCUT2D eigenvalue weighted by Gasteiger charge is 2.04. The largest absolute Gasteiger partial charge is 0.471 e. The SMILES string of the molecule is Cc1cccnc1OCC(=N)c1ccccc1. The van der Waals surface area contributed by atoms with Crippen LogP contribution in [0.5, 0.6) is 5.88 Å². The fourth-order valence-electron chi connectivity index (χ4n) is 1.49. The lowest BCUT2D eigenvalue weighted by Gasteiger charge is -2.08. The molecule has 17 heavy (non-hydrogen) atoms. The lowest BCUT2D eigenvalue weighted by molar-refractivity contribution is 0.358. The minimum Gasteiger partial charge on any atom is -0.471 e. The summed E-state index contributed by atoms with van der Waals surface area (Å²) < 4.78 is 5.52. The van der Waals surface area contributed by atoms with Gasteiger partial charge in [-0.3, -0.25) is 0 Å². The maximum Gasteiger partial charge on any atom is 0.216 e. The number of hydrogen-bond acceptors (Lipinski definition) is 3. The number of nitrogens with one attached hydrogen (secondary N) is 1. The Morgan fingerprint density at radius 3 is 2.65 bits per heavy atom. The van der Waals surface area contributed by atoms with Gasteiger partial charge in [-0.2, -0.15) is 0 Å². The van der Waals surface area contributed by atoms with Crippen molar-refractivity contribution in [1.82, 2.24) is 4.98 Å². The van der Waals surface area contributed by atoms with Crippen LogP contribution in [-0.2, 0) is 0 Å². The summed E-state index contributed by atoms with van der Waals surface area (Å²) in [5, 5.41) is 7.90. The topological polar surface area (TPSA) is 46.0 Å². The molecule has 2 aromatic rings. The summed E-state index contributed by atoms with van der Waals surface area (Å²) in [4.78, 5) is 4.13. The summed E-state index contributed by atoms with van der Waals surface area (Å²) in [6.07, 6.45) is 1.69. The molecule has 86 valence electrons. The predicted octanol–water partition coefficient (Wildman–Crippen LogP) is 2.84. The molecule has 0 radical (unpaired) electrons. The molecule has 0 fully saturated rings. The molecule has 2 rings (SSSR count). The van der Waals surface area contributed by atoms with E-state index >= 15 is 0 Å². The minimum absolute atomic E-state index is 0.238. The first-order chi connectivity index (χ1) is 8.27. The van der Waals surface area contributed by atoms with Gasteiger partial charge in [-0.1, -0.05) is 36.4 Å². The monoisotopic (exact) mass is 226 g/mol. The summed E-state index contributed by atoms with van der Waals surface area (Å²) in [6.45, 7) is 2.18. The van der Waals surface area contributed by atoms with Crippen LogP contribution in [0.15, 0.2) is 48.7 Å². The van der Waals surface area contributed by atoms with Crippen molar-refractivity contribution in [3.8, 4) is 5.88 Å². The summed E-state index contributed by atoms with van der Waals surface area (Å²) in [5.74, 6) is 0.591. The first kappa shape index (κ1) is 11.3. The molecule has 0 amide bonds. The van der Waals surface area contributed by atoms with E-state index in [1.54, 1.807) is 6.20 Å². The Morgan fingerprint density at radius 1 is 1.18 bits per heavy atom. The molecule has 0 atom stereocenters. The molecule has 3 heteroatoms. The maximum atomic E-state index is 7.90. The number of hydrogen-bond donors (Lipinski definition) is 1. The molecule has 3 nitrogen and oxygen atoms in total. The van der Waals surface area contributed by atoms with Gasteiger partial charge in [0.1, 0.15) is 6.61 Å². The number of nitrogens with zero attached hydrogens (tertiary/aromatic N) is 1. The second-order valence-electron chi connectivity index (χ2n) is 3.76. The minimum atomic E-state index is 0.238. The molecule has 0 bridgehead atoms. The van der Waals surface area contributed by atoms with Crippen LogP contribution in [-0.4, -0.2) is 17.3 Å². The van der Waals surface area contributed by atoms with Crippen molar-refractivity contribution in [3.05, 3.63) is 59.8 Å². The van der Waals surface area contributed by atoms with E-state index in [0.717, 1.165) is 11.1 Å². The number of aryl methyl sites for hydroxylation is 1. The molecule has 0 unspecified atom stereocenters. The Morgan fingerprint density at radius 2 is 1.94 bits per heavy atom. The van der Waals surface area contributed by atoms with Gasteiger partial charge in [0, 0.05) is 11.8 Å². The Bertz CT molecular complexity index is 509. The first-order valence-corrected chi connectivity index (χ1v) is 5.44. The van der Waals surface area contributed by atoms with E-state index in [9.17, 15) is 0 Å². The zero-order valence-electron chi connectivity index (χ0n) is 9.68. The second kappa shape index (κ2) is 5.25. The van der Waals surface area contributed by atoms with Gasteiger partial charge in [-0.25, -0.2) is 4.98 Å². The third kappa shape index (κ3) is 2.91. The molecule has 0 aliphatic carbocycles. The van der Waals surface area contributed by atoms with Crippen molar-refractivity contribution in [2.24, 2.45) is 0 Å². The van der Waals surface area contributed by atoms with Gasteiger partial charge in [-0.15, -0.1) is 0 Å². The Hall–Kier alpha value is -2.16. The first-order valence-electron chi connectivity index (χ1n) is 5.44. The van der Waals surface area contributed by atoms with E-state index in [1.807, 2.05) is 49.4 Å². The van der Waals surface area contributed by atoms with Crippen LogP contribution < -0.4 is 4.74 Å². The van der Waals surface area contributed by atoms with Gasteiger partial charge >= 0.3 is 0 Å². The predicted molar refractivity (Wildman–Crippen MR) is 67.7 cm³/mol. The van der Waals surface area contributed by atoms with Crippen LogP contribution in [0.4, 0.5) is 0 Å². The van der Waals surface area contributed by atoms with Gasteiger partial charge in [0.15, 0.2) is 0 Å². The zero-order chi connectivity index (χ0) is 12.1. The molecule has 1 N–H and O–H groups in total. The molecule has 0 spiro atoms. The Labute approximate surface area is 101 Å². The third-order valence-corrected chi connectivity index (χ3v) is 2.44. The standard InChI is InChI=1S/C14H14N2O/c1-11-6-5-9-16-14(11)17-10-13(15)12-7-3-2-4-8-12/h2-9,15H,10H2,1H3. The quantitative estimate of drug-likeness (QED) is 0.815. The smallest absolute Gasteiger partial charge is 0.216 e. The van der Waals surface area contributed by atoms with Gasteiger partial charge in [-0.05, 0) is 18.6 Å². The Balaban J connectivity index is 2.00. The molecule has 1 heterocycles. The maximum absolute atomic E-state index is 7.90. The Kier molecular flexibility index (Phi) is 3.50. The molecule has 0 aliphatic rings. The molecule has 1 aromatic carbocycles. The van der Waals surface area contributed by atoms with Crippen molar-refractivity contribution in [2.75, 3.05) is 6.61 Å². The van der Waals surface area contributed by atoms with Gasteiger partial charge in [0.25, 0.3) is 0 Å². The fourth-order valence-corrected chi connectivity index (χ4v) is 1.49. The zero-order valence-corrected chi connectivity index (χ0v) is 9.68. The molecule has 0 saturated heterocycles. The highest BCUT2D eigenvalue weighted by atomic mass is 16.5. The number of ether oxygens (including phenoxy) is 1. The van der Waals surface area contributed by atoms with Crippen LogP contribution >= 0.6 is 0 Å². The van der Waals surface area contributed by atoms with Crippen LogP contribution in [0.25, 0.3) is 0 Å². The van der Waals surface area contributed by atoms with E-state index < -0.39 is 0 Å². The molecule has 0 saturated carbocycles. The summed E-state index contributed by atoms with van der Waals surface area (Å²) in [6, 6.07) is 13.4. The molecular formula is C14H14N2O. The van der Waals surface area contributed by atoms with Gasteiger partial charge < -0.3 is 10.1 Å². The lowest BCUT2D eigenvalue weighted by Crippen LogP contribution is -2.12. The average Bonchev–Trinajstić information content (AvgIpc) is 2.38. The van der Waals surface area contributed by atoms with Crippen LogP contribution in [0.3, 0.4) is 0 Å². The molecular weight excluding hydrogens is 212 g/mol. The van der Waals surface area contributed by atoms with Crippen molar-refractivity contribution in [3.63, 3.8) is 0 Å². The fraction of sp³-hybridized carbons (Fsp3) is 0.143. The lowest BCUT2D eigenvalue weighted by atomic mass is 10.1. The average molecular weight is 226 g/mol. The number of benzene rings is 1. The normalized spacial score (nSPS) is 9.94. The van der Waals surface area contributed by atoms with Crippen LogP contribution in [0.1, 0.15) is 11.1 Å². The molecule has 1 aromatic heterocycles. The summed E-state index contributed by atoms with van der Waals surface area (Å²) in [7, 11) is 0. The second-order valence-corrected chi connectivity index (χ2v) is 3.76. The number of pyridine rings is 1. The molecule has 0 aliphatic heterocycles. The van der Waals surface area contributed by atoms with Gasteiger partial charge in [0.2, 0.25) is 5.88 Å². The number of aromatic nitrogens is 1. The van der Waals surface area contributed by atoms with Crippen molar-refractivity contribution in [2.45, 2.75) is 6.92 Å². The van der Waals surface area contributed by atoms with Crippen LogP contribution in [0.2, 0.25) is 0 Å². The van der Waals surface area contributed by atoms with Crippen LogP contribution in [0, 0.1) is 12.3 Å². The van der Waals surface area contributed by atoms with E-state index in [0.29, 0.717) is 11.6 Å². The van der Waals surface area contributed by atoms with E-state index in [-0.39, 0.29) is 6.61 Å². The van der Waals surface area contributed by atoms with E-state index in [1.165, 1.54) is 0 Å². The summed E-state index contributed by atoms with van der Waals surface area (Å²) >= 11 is 0. The van der Waals surface area contributed by atoms with Gasteiger partial charge in [0.05, 0.1) is 5.71 Å². The number of rotatable bonds is 4. The van der Waals surface area contributed by atoms with Crippen molar-refractivity contribution >= 4 is 5.71 Å². The highest BCUT2D eigenvalue weighted by molar-refractivity contribution is 5.99. The van der Waals surface area contributed by atoms with E-state index in [2.05, 4.69) is 4.98 Å². The third-order valence-electron chi connectivity index (χ3n) is 2.44. The van der Waals surface area contributed by atoms with E-state index in [4.69, 9.17) is 10.1 Å². The van der Waals surface area contributed by atoms with Crippen molar-refractivity contribution in [1.29, 1.82) is 5.41 Å². The summed E-state index contributed by atoms with van der Waals surface area (Å²) in [5.41, 5.74) is 2.31. The highest BCUT2D eigenvalue weighted by Crippen LogP contribution is 2.12. The van der Waals surface area contributed by atoms with Crippen molar-refractivity contribution < 1.29 is 4.74 Å².